The Kier molecular flexibility index (Phi) is 9.28. The summed E-state index contributed by atoms with van der Waals surface area (Å²) < 4.78 is 52.6. The standard InChI is InChI=1S/C28H30FN3O6S/c1-37-25-18-23(11-12-26(25)39(35,36)32-22-13-15-38-16-14-22)30-28(34)24(17-19-5-3-2-4-6-19)31-27(33)20-7-9-21(29)10-8-20/h2-12,18,22,24,32H,13-17H2,1H3,(H,30,34)(H,31,33)/t24-/m0/s1. The number of anilines is 1. The molecule has 1 aliphatic heterocycles. The van der Waals surface area contributed by atoms with Crippen LogP contribution >= 0.6 is 0 Å². The number of ether oxygens (including phenoxy) is 2. The molecule has 1 saturated heterocycles. The van der Waals surface area contributed by atoms with Crippen LogP contribution in [0.15, 0.2) is 77.7 Å². The highest BCUT2D eigenvalue weighted by Crippen LogP contribution is 2.28. The minimum absolute atomic E-state index is 0.0556. The molecule has 0 saturated carbocycles. The van der Waals surface area contributed by atoms with E-state index in [-0.39, 0.29) is 34.4 Å². The van der Waals surface area contributed by atoms with Gasteiger partial charge in [-0.3, -0.25) is 9.59 Å². The lowest BCUT2D eigenvalue weighted by atomic mass is 10.0. The number of nitrogens with one attached hydrogen (secondary N) is 3. The number of sulfonamides is 1. The number of methoxy groups -OCH3 is 1. The van der Waals surface area contributed by atoms with E-state index in [0.29, 0.717) is 26.1 Å². The Morgan fingerprint density at radius 2 is 1.72 bits per heavy atom. The van der Waals surface area contributed by atoms with Gasteiger partial charge >= 0.3 is 0 Å². The van der Waals surface area contributed by atoms with Crippen LogP contribution in [-0.4, -0.2) is 52.6 Å². The molecule has 1 heterocycles. The van der Waals surface area contributed by atoms with Gasteiger partial charge in [0.2, 0.25) is 15.9 Å². The van der Waals surface area contributed by atoms with Gasteiger partial charge in [-0.05, 0) is 54.8 Å². The van der Waals surface area contributed by atoms with Crippen molar-refractivity contribution in [2.24, 2.45) is 0 Å². The lowest BCUT2D eigenvalue weighted by Crippen LogP contribution is -2.45. The van der Waals surface area contributed by atoms with Crippen molar-refractivity contribution in [2.75, 3.05) is 25.6 Å². The third-order valence-electron chi connectivity index (χ3n) is 6.27. The van der Waals surface area contributed by atoms with E-state index >= 15 is 0 Å². The Labute approximate surface area is 226 Å². The minimum atomic E-state index is -3.88. The molecule has 3 aromatic rings. The zero-order chi connectivity index (χ0) is 27.8. The smallest absolute Gasteiger partial charge is 0.251 e. The predicted octanol–water partition coefficient (Wildman–Crippen LogP) is 3.27. The van der Waals surface area contributed by atoms with Crippen LogP contribution in [0, 0.1) is 5.82 Å². The van der Waals surface area contributed by atoms with Crippen molar-refractivity contribution in [2.45, 2.75) is 36.2 Å². The number of carbonyl (C=O) groups excluding carboxylic acids is 2. The van der Waals surface area contributed by atoms with Crippen LogP contribution in [0.5, 0.6) is 5.75 Å². The maximum atomic E-state index is 13.3. The average molecular weight is 556 g/mol. The second-order valence-corrected chi connectivity index (χ2v) is 10.8. The Morgan fingerprint density at radius 1 is 1.03 bits per heavy atom. The second-order valence-electron chi connectivity index (χ2n) is 9.09. The van der Waals surface area contributed by atoms with Crippen LogP contribution in [0.2, 0.25) is 0 Å². The summed E-state index contributed by atoms with van der Waals surface area (Å²) in [6.07, 6.45) is 1.34. The number of benzene rings is 3. The monoisotopic (exact) mass is 555 g/mol. The zero-order valence-electron chi connectivity index (χ0n) is 21.4. The SMILES string of the molecule is COc1cc(NC(=O)[C@H](Cc2ccccc2)NC(=O)c2ccc(F)cc2)ccc1S(=O)(=O)NC1CCOCC1. The summed E-state index contributed by atoms with van der Waals surface area (Å²) >= 11 is 0. The van der Waals surface area contributed by atoms with E-state index in [0.717, 1.165) is 5.56 Å². The molecular weight excluding hydrogens is 525 g/mol. The molecule has 3 aromatic carbocycles. The quantitative estimate of drug-likeness (QED) is 0.353. The van der Waals surface area contributed by atoms with Crippen LogP contribution in [-0.2, 0) is 26.0 Å². The molecule has 1 atom stereocenters. The highest BCUT2D eigenvalue weighted by Gasteiger charge is 2.27. The van der Waals surface area contributed by atoms with Crippen molar-refractivity contribution in [3.63, 3.8) is 0 Å². The molecule has 0 aliphatic carbocycles. The summed E-state index contributed by atoms with van der Waals surface area (Å²) in [5, 5.41) is 5.45. The van der Waals surface area contributed by atoms with Crippen molar-refractivity contribution in [3.8, 4) is 5.75 Å². The Hall–Kier alpha value is -3.80. The molecule has 9 nitrogen and oxygen atoms in total. The molecule has 0 aromatic heterocycles. The van der Waals surface area contributed by atoms with Gasteiger partial charge in [0.05, 0.1) is 7.11 Å². The Balaban J connectivity index is 1.52. The number of halogens is 1. The van der Waals surface area contributed by atoms with E-state index in [9.17, 15) is 22.4 Å². The zero-order valence-corrected chi connectivity index (χ0v) is 22.2. The maximum absolute atomic E-state index is 13.3. The molecular formula is C28H30FN3O6S. The lowest BCUT2D eigenvalue weighted by molar-refractivity contribution is -0.118. The summed E-state index contributed by atoms with van der Waals surface area (Å²) in [6.45, 7) is 0.967. The molecule has 0 radical (unpaired) electrons. The summed E-state index contributed by atoms with van der Waals surface area (Å²) in [4.78, 5) is 26.1. The highest BCUT2D eigenvalue weighted by molar-refractivity contribution is 7.89. The first-order chi connectivity index (χ1) is 18.7. The molecule has 0 bridgehead atoms. The lowest BCUT2D eigenvalue weighted by Gasteiger charge is -2.23. The van der Waals surface area contributed by atoms with Gasteiger partial charge in [0.1, 0.15) is 22.5 Å². The molecule has 0 spiro atoms. The van der Waals surface area contributed by atoms with E-state index in [4.69, 9.17) is 9.47 Å². The first-order valence-electron chi connectivity index (χ1n) is 12.4. The van der Waals surface area contributed by atoms with E-state index in [1.165, 1.54) is 49.6 Å². The summed E-state index contributed by atoms with van der Waals surface area (Å²) in [5.41, 5.74) is 1.31. The minimum Gasteiger partial charge on any atom is -0.495 e. The highest BCUT2D eigenvalue weighted by atomic mass is 32.2. The third-order valence-corrected chi connectivity index (χ3v) is 7.83. The fourth-order valence-electron chi connectivity index (χ4n) is 4.20. The molecule has 1 aliphatic rings. The third kappa shape index (κ3) is 7.62. The van der Waals surface area contributed by atoms with Crippen molar-refractivity contribution in [1.82, 2.24) is 10.0 Å². The maximum Gasteiger partial charge on any atom is 0.251 e. The van der Waals surface area contributed by atoms with Gasteiger partial charge in [0.15, 0.2) is 0 Å². The molecule has 4 rings (SSSR count). The predicted molar refractivity (Wildman–Crippen MR) is 144 cm³/mol. The van der Waals surface area contributed by atoms with Crippen LogP contribution in [0.1, 0.15) is 28.8 Å². The number of amides is 2. The van der Waals surface area contributed by atoms with Crippen molar-refractivity contribution in [3.05, 3.63) is 89.7 Å². The van der Waals surface area contributed by atoms with Crippen LogP contribution in [0.4, 0.5) is 10.1 Å². The van der Waals surface area contributed by atoms with Crippen molar-refractivity contribution >= 4 is 27.5 Å². The Morgan fingerprint density at radius 3 is 2.38 bits per heavy atom. The molecule has 1 fully saturated rings. The van der Waals surface area contributed by atoms with E-state index in [2.05, 4.69) is 15.4 Å². The van der Waals surface area contributed by atoms with Gasteiger partial charge < -0.3 is 20.1 Å². The van der Waals surface area contributed by atoms with Crippen LogP contribution in [0.25, 0.3) is 0 Å². The number of rotatable bonds is 10. The first-order valence-corrected chi connectivity index (χ1v) is 13.9. The van der Waals surface area contributed by atoms with Crippen LogP contribution < -0.4 is 20.1 Å². The number of hydrogen-bond donors (Lipinski definition) is 3. The van der Waals surface area contributed by atoms with Gasteiger partial charge in [0.25, 0.3) is 5.91 Å². The number of hydrogen-bond acceptors (Lipinski definition) is 6. The van der Waals surface area contributed by atoms with Gasteiger partial charge in [-0.1, -0.05) is 30.3 Å². The summed E-state index contributed by atoms with van der Waals surface area (Å²) in [7, 11) is -2.54. The van der Waals surface area contributed by atoms with Crippen LogP contribution in [0.3, 0.4) is 0 Å². The first kappa shape index (κ1) is 28.2. The fourth-order valence-corrected chi connectivity index (χ4v) is 5.65. The molecule has 2 amide bonds. The van der Waals surface area contributed by atoms with E-state index in [1.807, 2.05) is 30.3 Å². The van der Waals surface area contributed by atoms with Gasteiger partial charge in [0, 0.05) is 43.0 Å². The van der Waals surface area contributed by atoms with Crippen molar-refractivity contribution in [1.29, 1.82) is 0 Å². The van der Waals surface area contributed by atoms with Crippen molar-refractivity contribution < 1.29 is 31.9 Å². The average Bonchev–Trinajstić information content (AvgIpc) is 2.93. The van der Waals surface area contributed by atoms with E-state index in [1.54, 1.807) is 0 Å². The summed E-state index contributed by atoms with van der Waals surface area (Å²) in [6, 6.07) is 17.2. The fraction of sp³-hybridized carbons (Fsp3) is 0.286. The van der Waals surface area contributed by atoms with Gasteiger partial charge in [-0.15, -0.1) is 0 Å². The molecule has 3 N–H and O–H groups in total. The number of carbonyl (C=O) groups is 2. The largest absolute Gasteiger partial charge is 0.495 e. The Bertz CT molecular complexity index is 1390. The second kappa shape index (κ2) is 12.8. The molecule has 0 unspecified atom stereocenters. The van der Waals surface area contributed by atoms with Gasteiger partial charge in [-0.2, -0.15) is 0 Å². The molecule has 39 heavy (non-hydrogen) atoms. The molecule has 206 valence electrons. The normalized spacial score (nSPS) is 14.8. The van der Waals surface area contributed by atoms with E-state index < -0.39 is 33.7 Å². The summed E-state index contributed by atoms with van der Waals surface area (Å²) in [5.74, 6) is -1.48. The molecule has 11 heteroatoms. The van der Waals surface area contributed by atoms with Gasteiger partial charge in [-0.25, -0.2) is 17.5 Å². The topological polar surface area (TPSA) is 123 Å².